The molecule has 1 saturated heterocycles. The maximum atomic E-state index is 12.4. The highest BCUT2D eigenvalue weighted by Gasteiger charge is 2.21. The first-order valence-electron chi connectivity index (χ1n) is 8.89. The van der Waals surface area contributed by atoms with Gasteiger partial charge < -0.3 is 9.80 Å². The average Bonchev–Trinajstić information content (AvgIpc) is 2.60. The minimum Gasteiger partial charge on any atom is -0.340 e. The van der Waals surface area contributed by atoms with Crippen LogP contribution in [0, 0.1) is 0 Å². The zero-order valence-electron chi connectivity index (χ0n) is 14.9. The second-order valence-electron chi connectivity index (χ2n) is 6.40. The number of piperazine rings is 1. The summed E-state index contributed by atoms with van der Waals surface area (Å²) in [4.78, 5) is 30.3. The second-order valence-corrected chi connectivity index (χ2v) is 6.40. The van der Waals surface area contributed by atoms with Crippen molar-refractivity contribution < 1.29 is 9.59 Å². The normalized spacial score (nSPS) is 15.3. The first-order valence-corrected chi connectivity index (χ1v) is 8.89. The van der Waals surface area contributed by atoms with Crippen molar-refractivity contribution in [2.75, 3.05) is 39.3 Å². The Hall–Kier alpha value is -1.88. The summed E-state index contributed by atoms with van der Waals surface area (Å²) >= 11 is 0. The van der Waals surface area contributed by atoms with Crippen LogP contribution in [-0.2, 0) is 16.1 Å². The standard InChI is InChI=1S/C19H29N3O2/c1-3-10-20-12-14-21(15-13-20)19(24)9-11-22(17(2)23)16-18-7-5-4-6-8-18/h4-8H,3,9-16H2,1-2H3. The molecular weight excluding hydrogens is 302 g/mol. The van der Waals surface area contributed by atoms with Crippen LogP contribution in [0.15, 0.2) is 30.3 Å². The number of benzene rings is 1. The van der Waals surface area contributed by atoms with Gasteiger partial charge in [0.2, 0.25) is 11.8 Å². The summed E-state index contributed by atoms with van der Waals surface area (Å²) in [6.45, 7) is 9.43. The molecule has 1 aliphatic rings. The number of rotatable bonds is 7. The number of nitrogens with zero attached hydrogens (tertiary/aromatic N) is 3. The molecule has 0 atom stereocenters. The SMILES string of the molecule is CCCN1CCN(C(=O)CCN(Cc2ccccc2)C(C)=O)CC1. The fourth-order valence-electron chi connectivity index (χ4n) is 3.08. The maximum Gasteiger partial charge on any atom is 0.224 e. The fourth-order valence-corrected chi connectivity index (χ4v) is 3.08. The molecule has 1 aliphatic heterocycles. The zero-order valence-corrected chi connectivity index (χ0v) is 14.9. The molecule has 1 aromatic carbocycles. The summed E-state index contributed by atoms with van der Waals surface area (Å²) < 4.78 is 0. The van der Waals surface area contributed by atoms with Gasteiger partial charge in [-0.25, -0.2) is 0 Å². The van der Waals surface area contributed by atoms with Gasteiger partial charge in [-0.05, 0) is 18.5 Å². The van der Waals surface area contributed by atoms with Crippen LogP contribution >= 0.6 is 0 Å². The first-order chi connectivity index (χ1) is 11.6. The Morgan fingerprint density at radius 1 is 1.08 bits per heavy atom. The van der Waals surface area contributed by atoms with Gasteiger partial charge in [-0.15, -0.1) is 0 Å². The Balaban J connectivity index is 1.79. The van der Waals surface area contributed by atoms with Crippen molar-refractivity contribution in [3.63, 3.8) is 0 Å². The van der Waals surface area contributed by atoms with E-state index in [9.17, 15) is 9.59 Å². The molecule has 0 N–H and O–H groups in total. The molecule has 1 aromatic rings. The van der Waals surface area contributed by atoms with Gasteiger partial charge in [0.25, 0.3) is 0 Å². The van der Waals surface area contributed by atoms with E-state index in [0.29, 0.717) is 19.5 Å². The minimum atomic E-state index is 0.0134. The lowest BCUT2D eigenvalue weighted by Crippen LogP contribution is -2.49. The van der Waals surface area contributed by atoms with Gasteiger partial charge in [0.1, 0.15) is 0 Å². The first kappa shape index (κ1) is 18.5. The van der Waals surface area contributed by atoms with E-state index in [1.807, 2.05) is 35.2 Å². The van der Waals surface area contributed by atoms with Gasteiger partial charge in [0.05, 0.1) is 0 Å². The van der Waals surface area contributed by atoms with Crippen molar-refractivity contribution in [1.29, 1.82) is 0 Å². The molecular formula is C19H29N3O2. The van der Waals surface area contributed by atoms with Crippen molar-refractivity contribution in [3.05, 3.63) is 35.9 Å². The number of hydrogen-bond donors (Lipinski definition) is 0. The molecule has 0 radical (unpaired) electrons. The van der Waals surface area contributed by atoms with Crippen LogP contribution in [0.25, 0.3) is 0 Å². The third-order valence-electron chi connectivity index (χ3n) is 4.52. The van der Waals surface area contributed by atoms with E-state index < -0.39 is 0 Å². The summed E-state index contributed by atoms with van der Waals surface area (Å²) in [6, 6.07) is 9.90. The molecule has 1 fully saturated rings. The van der Waals surface area contributed by atoms with E-state index in [1.54, 1.807) is 11.8 Å². The number of hydrogen-bond acceptors (Lipinski definition) is 3. The molecule has 0 unspecified atom stereocenters. The number of carbonyl (C=O) groups excluding carboxylic acids is 2. The predicted octanol–water partition coefficient (Wildman–Crippen LogP) is 1.98. The van der Waals surface area contributed by atoms with Crippen LogP contribution in [0.5, 0.6) is 0 Å². The lowest BCUT2D eigenvalue weighted by Gasteiger charge is -2.35. The van der Waals surface area contributed by atoms with Crippen molar-refractivity contribution in [2.45, 2.75) is 33.2 Å². The summed E-state index contributed by atoms with van der Waals surface area (Å²) in [6.07, 6.45) is 1.56. The average molecular weight is 331 g/mol. The predicted molar refractivity (Wildman–Crippen MR) is 95.5 cm³/mol. The monoisotopic (exact) mass is 331 g/mol. The zero-order chi connectivity index (χ0) is 17.4. The molecule has 2 amide bonds. The molecule has 5 heteroatoms. The van der Waals surface area contributed by atoms with Crippen LogP contribution in [0.3, 0.4) is 0 Å². The van der Waals surface area contributed by atoms with Gasteiger partial charge in [-0.2, -0.15) is 0 Å². The van der Waals surface area contributed by atoms with Crippen LogP contribution in [-0.4, -0.2) is 65.8 Å². The number of carbonyl (C=O) groups is 2. The highest BCUT2D eigenvalue weighted by Crippen LogP contribution is 2.08. The van der Waals surface area contributed by atoms with Gasteiger partial charge in [-0.1, -0.05) is 37.3 Å². The van der Waals surface area contributed by atoms with Crippen LogP contribution in [0.1, 0.15) is 32.3 Å². The lowest BCUT2D eigenvalue weighted by atomic mass is 10.2. The fraction of sp³-hybridized carbons (Fsp3) is 0.579. The van der Waals surface area contributed by atoms with Crippen molar-refractivity contribution in [3.8, 4) is 0 Å². The van der Waals surface area contributed by atoms with E-state index in [0.717, 1.165) is 44.7 Å². The Kier molecular flexibility index (Phi) is 7.25. The van der Waals surface area contributed by atoms with Gasteiger partial charge >= 0.3 is 0 Å². The quantitative estimate of drug-likeness (QED) is 0.767. The summed E-state index contributed by atoms with van der Waals surface area (Å²) in [5.74, 6) is 0.171. The summed E-state index contributed by atoms with van der Waals surface area (Å²) in [5.41, 5.74) is 1.09. The molecule has 1 heterocycles. The molecule has 2 rings (SSSR count). The van der Waals surface area contributed by atoms with Crippen LogP contribution in [0.4, 0.5) is 0 Å². The van der Waals surface area contributed by atoms with E-state index in [1.165, 1.54) is 0 Å². The minimum absolute atomic E-state index is 0.0134. The van der Waals surface area contributed by atoms with Crippen molar-refractivity contribution in [2.24, 2.45) is 0 Å². The van der Waals surface area contributed by atoms with Gasteiger partial charge in [0.15, 0.2) is 0 Å². The van der Waals surface area contributed by atoms with E-state index in [-0.39, 0.29) is 11.8 Å². The molecule has 0 aliphatic carbocycles. The Bertz CT molecular complexity index is 525. The third-order valence-corrected chi connectivity index (χ3v) is 4.52. The Morgan fingerprint density at radius 3 is 2.33 bits per heavy atom. The van der Waals surface area contributed by atoms with Crippen LogP contribution in [0.2, 0.25) is 0 Å². The largest absolute Gasteiger partial charge is 0.340 e. The molecule has 5 nitrogen and oxygen atoms in total. The summed E-state index contributed by atoms with van der Waals surface area (Å²) in [7, 11) is 0. The molecule has 0 saturated carbocycles. The Labute approximate surface area is 145 Å². The summed E-state index contributed by atoms with van der Waals surface area (Å²) in [5, 5.41) is 0. The molecule has 24 heavy (non-hydrogen) atoms. The lowest BCUT2D eigenvalue weighted by molar-refractivity contribution is -0.135. The second kappa shape index (κ2) is 9.42. The van der Waals surface area contributed by atoms with Gasteiger partial charge in [-0.3, -0.25) is 14.5 Å². The molecule has 0 bridgehead atoms. The maximum absolute atomic E-state index is 12.4. The van der Waals surface area contributed by atoms with Crippen molar-refractivity contribution in [1.82, 2.24) is 14.7 Å². The third kappa shape index (κ3) is 5.64. The van der Waals surface area contributed by atoms with Crippen molar-refractivity contribution >= 4 is 11.8 Å². The molecule has 0 spiro atoms. The van der Waals surface area contributed by atoms with E-state index in [4.69, 9.17) is 0 Å². The van der Waals surface area contributed by atoms with Crippen LogP contribution < -0.4 is 0 Å². The van der Waals surface area contributed by atoms with E-state index >= 15 is 0 Å². The smallest absolute Gasteiger partial charge is 0.224 e. The highest BCUT2D eigenvalue weighted by atomic mass is 16.2. The van der Waals surface area contributed by atoms with E-state index in [2.05, 4.69) is 11.8 Å². The van der Waals surface area contributed by atoms with Gasteiger partial charge in [0, 0.05) is 52.6 Å². The topological polar surface area (TPSA) is 43.9 Å². The molecule has 0 aromatic heterocycles. The number of amides is 2. The Morgan fingerprint density at radius 2 is 1.75 bits per heavy atom. The molecule has 132 valence electrons. The highest BCUT2D eigenvalue weighted by molar-refractivity contribution is 5.78.